The molecule has 0 heterocycles. The smallest absolute Gasteiger partial charge is 0.367 e. The van der Waals surface area contributed by atoms with Gasteiger partial charge in [-0.15, -0.1) is 0 Å². The van der Waals surface area contributed by atoms with E-state index in [1.165, 1.54) is 0 Å². The van der Waals surface area contributed by atoms with Crippen LogP contribution in [0.25, 0.3) is 0 Å². The molecule has 100 valence electrons. The summed E-state index contributed by atoms with van der Waals surface area (Å²) in [5, 5.41) is 7.89. The molecule has 0 atom stereocenters. The second-order valence-electron chi connectivity index (χ2n) is 3.11. The highest BCUT2D eigenvalue weighted by Gasteiger charge is 2.58. The van der Waals surface area contributed by atoms with Crippen molar-refractivity contribution in [2.45, 2.75) is 11.5 Å². The van der Waals surface area contributed by atoms with Gasteiger partial charge in [-0.25, -0.2) is 0 Å². The van der Waals surface area contributed by atoms with E-state index in [0.29, 0.717) is 0 Å². The average molecular weight is 289 g/mol. The van der Waals surface area contributed by atoms with Crippen LogP contribution in [0.1, 0.15) is 6.42 Å². The highest BCUT2D eigenvalue weighted by Crippen LogP contribution is 2.68. The molecule has 0 saturated heterocycles. The van der Waals surface area contributed by atoms with Crippen LogP contribution in [0.2, 0.25) is 0 Å². The van der Waals surface area contributed by atoms with Gasteiger partial charge in [0.15, 0.2) is 0 Å². The maximum atomic E-state index is 10.9. The summed E-state index contributed by atoms with van der Waals surface area (Å²) < 4.78 is 21.7. The lowest BCUT2D eigenvalue weighted by Gasteiger charge is -2.29. The van der Waals surface area contributed by atoms with Crippen LogP contribution in [-0.4, -0.2) is 42.2 Å². The number of rotatable bonds is 6. The molecule has 0 radical (unpaired) electrons. The van der Waals surface area contributed by atoms with Crippen molar-refractivity contribution in [2.24, 2.45) is 0 Å². The fraction of sp³-hybridized carbons (Fsp3) is 0.500. The van der Waals surface area contributed by atoms with Gasteiger partial charge in [-0.1, -0.05) is 6.58 Å². The lowest BCUT2D eigenvalue weighted by Crippen LogP contribution is -2.34. The standard InChI is InChI=1S/C6H13NO8P2/c1-2-5(8)7-4-3-6(9,16(10,11)12)17(13,14)15/h2,9H,1,3-4H2,(H,7,8)(H2,10,11,12)(H2,13,14,15). The highest BCUT2D eigenvalue weighted by molar-refractivity contribution is 7.72. The fourth-order valence-corrected chi connectivity index (χ4v) is 3.05. The second kappa shape index (κ2) is 5.41. The van der Waals surface area contributed by atoms with E-state index in [2.05, 4.69) is 6.58 Å². The maximum absolute atomic E-state index is 10.9. The number of hydrogen-bond acceptors (Lipinski definition) is 4. The Labute approximate surface area is 96.5 Å². The molecule has 17 heavy (non-hydrogen) atoms. The lowest BCUT2D eigenvalue weighted by atomic mass is 10.4. The van der Waals surface area contributed by atoms with E-state index in [1.54, 1.807) is 0 Å². The zero-order valence-electron chi connectivity index (χ0n) is 8.55. The van der Waals surface area contributed by atoms with Crippen molar-refractivity contribution in [2.75, 3.05) is 6.54 Å². The van der Waals surface area contributed by atoms with Crippen LogP contribution in [0.15, 0.2) is 12.7 Å². The molecule has 0 aliphatic heterocycles. The monoisotopic (exact) mass is 289 g/mol. The molecule has 6 N–H and O–H groups in total. The predicted molar refractivity (Wildman–Crippen MR) is 56.9 cm³/mol. The minimum atomic E-state index is -5.46. The molecule has 0 spiro atoms. The minimum Gasteiger partial charge on any atom is -0.367 e. The van der Waals surface area contributed by atoms with Crippen molar-refractivity contribution in [3.8, 4) is 0 Å². The molecule has 0 aromatic heterocycles. The van der Waals surface area contributed by atoms with E-state index >= 15 is 0 Å². The van der Waals surface area contributed by atoms with Crippen molar-refractivity contribution in [3.05, 3.63) is 12.7 Å². The van der Waals surface area contributed by atoms with E-state index in [4.69, 9.17) is 19.6 Å². The van der Waals surface area contributed by atoms with Crippen molar-refractivity contribution in [1.29, 1.82) is 0 Å². The third kappa shape index (κ3) is 4.01. The first-order valence-electron chi connectivity index (χ1n) is 4.19. The zero-order valence-corrected chi connectivity index (χ0v) is 10.3. The van der Waals surface area contributed by atoms with Gasteiger partial charge in [0, 0.05) is 13.0 Å². The largest absolute Gasteiger partial charge is 0.369 e. The van der Waals surface area contributed by atoms with Gasteiger partial charge in [-0.05, 0) is 6.08 Å². The quantitative estimate of drug-likeness (QED) is 0.259. The molecular weight excluding hydrogens is 276 g/mol. The molecule has 0 aromatic rings. The SMILES string of the molecule is C=CC(=O)NCCC(O)(P(=O)(O)O)P(=O)(O)O. The van der Waals surface area contributed by atoms with Gasteiger partial charge in [0.1, 0.15) is 0 Å². The van der Waals surface area contributed by atoms with Crippen LogP contribution in [0, 0.1) is 0 Å². The van der Waals surface area contributed by atoms with Crippen molar-refractivity contribution >= 4 is 21.1 Å². The summed E-state index contributed by atoms with van der Waals surface area (Å²) in [7, 11) is -10.9. The number of carbonyl (C=O) groups is 1. The molecule has 0 bridgehead atoms. The number of hydrogen-bond donors (Lipinski definition) is 6. The van der Waals surface area contributed by atoms with Crippen LogP contribution in [0.3, 0.4) is 0 Å². The molecule has 9 nitrogen and oxygen atoms in total. The molecule has 0 aliphatic rings. The molecule has 11 heteroatoms. The molecular formula is C6H13NO8P2. The van der Waals surface area contributed by atoms with Gasteiger partial charge < -0.3 is 30.0 Å². The number of carbonyl (C=O) groups excluding carboxylic acids is 1. The molecule has 0 unspecified atom stereocenters. The summed E-state index contributed by atoms with van der Waals surface area (Å²) in [5.74, 6) is -0.705. The summed E-state index contributed by atoms with van der Waals surface area (Å²) in [5.41, 5.74) is 0. The predicted octanol–water partition coefficient (Wildman–Crippen LogP) is -1.32. The van der Waals surface area contributed by atoms with Crippen LogP contribution in [0.4, 0.5) is 0 Å². The van der Waals surface area contributed by atoms with Crippen LogP contribution in [0.5, 0.6) is 0 Å². The maximum Gasteiger partial charge on any atom is 0.369 e. The Hall–Kier alpha value is -0.530. The summed E-state index contributed by atoms with van der Waals surface area (Å²) in [4.78, 5) is 45.6. The van der Waals surface area contributed by atoms with Gasteiger partial charge in [-0.3, -0.25) is 13.9 Å². The Bertz CT molecular complexity index is 373. The first-order chi connectivity index (χ1) is 7.45. The highest BCUT2D eigenvalue weighted by atomic mass is 31.2. The van der Waals surface area contributed by atoms with Gasteiger partial charge in [0.25, 0.3) is 5.08 Å². The Kier molecular flexibility index (Phi) is 5.24. The lowest BCUT2D eigenvalue weighted by molar-refractivity contribution is -0.116. The topological polar surface area (TPSA) is 164 Å². The van der Waals surface area contributed by atoms with E-state index in [-0.39, 0.29) is 0 Å². The second-order valence-corrected chi connectivity index (χ2v) is 7.12. The number of amides is 1. The molecule has 0 aliphatic carbocycles. The van der Waals surface area contributed by atoms with Gasteiger partial charge >= 0.3 is 15.2 Å². The van der Waals surface area contributed by atoms with Crippen LogP contribution < -0.4 is 5.32 Å². The molecule has 0 saturated carbocycles. The average Bonchev–Trinajstić information content (AvgIpc) is 2.13. The summed E-state index contributed by atoms with van der Waals surface area (Å²) in [6.45, 7) is 2.56. The normalized spacial score (nSPS) is 13.2. The first kappa shape index (κ1) is 16.5. The Morgan fingerprint density at radius 1 is 1.24 bits per heavy atom. The molecule has 1 amide bonds. The Morgan fingerprint density at radius 3 is 1.94 bits per heavy atom. The third-order valence-electron chi connectivity index (χ3n) is 1.88. The van der Waals surface area contributed by atoms with E-state index in [0.717, 1.165) is 6.08 Å². The number of aliphatic hydroxyl groups is 1. The van der Waals surface area contributed by atoms with Crippen molar-refractivity contribution in [1.82, 2.24) is 5.32 Å². The number of nitrogens with one attached hydrogen (secondary N) is 1. The van der Waals surface area contributed by atoms with Crippen LogP contribution in [-0.2, 0) is 13.9 Å². The van der Waals surface area contributed by atoms with E-state index < -0.39 is 39.1 Å². The summed E-state index contributed by atoms with van der Waals surface area (Å²) in [6, 6.07) is 0. The Balaban J connectivity index is 4.89. The first-order valence-corrected chi connectivity index (χ1v) is 7.42. The van der Waals surface area contributed by atoms with Crippen molar-refractivity contribution < 1.29 is 38.6 Å². The Morgan fingerprint density at radius 2 is 1.65 bits per heavy atom. The van der Waals surface area contributed by atoms with Gasteiger partial charge in [-0.2, -0.15) is 0 Å². The van der Waals surface area contributed by atoms with Gasteiger partial charge in [0.05, 0.1) is 0 Å². The third-order valence-corrected chi connectivity index (χ3v) is 5.75. The van der Waals surface area contributed by atoms with Gasteiger partial charge in [0.2, 0.25) is 5.91 Å². The molecule has 0 rings (SSSR count). The minimum absolute atomic E-state index is 0.530. The fourth-order valence-electron chi connectivity index (χ4n) is 0.887. The van der Waals surface area contributed by atoms with E-state index in [1.807, 2.05) is 5.32 Å². The van der Waals surface area contributed by atoms with E-state index in [9.17, 15) is 19.0 Å². The van der Waals surface area contributed by atoms with Crippen molar-refractivity contribution in [3.63, 3.8) is 0 Å². The van der Waals surface area contributed by atoms with Crippen LogP contribution >= 0.6 is 15.2 Å². The zero-order chi connectivity index (χ0) is 13.9. The molecule has 0 aromatic carbocycles. The molecule has 0 fully saturated rings. The summed E-state index contributed by atoms with van der Waals surface area (Å²) in [6.07, 6.45) is -0.144. The summed E-state index contributed by atoms with van der Waals surface area (Å²) >= 11 is 0.